The van der Waals surface area contributed by atoms with Crippen LogP contribution in [0.5, 0.6) is 0 Å². The third kappa shape index (κ3) is 3.06. The first-order valence-corrected chi connectivity index (χ1v) is 6.25. The predicted molar refractivity (Wildman–Crippen MR) is 66.3 cm³/mol. The van der Waals surface area contributed by atoms with Crippen molar-refractivity contribution in [2.45, 2.75) is 50.8 Å². The monoisotopic (exact) mass is 219 g/mol. The van der Waals surface area contributed by atoms with Gasteiger partial charge in [-0.3, -0.25) is 0 Å². The first-order valence-electron chi connectivity index (χ1n) is 6.25. The normalized spacial score (nSPS) is 27.6. The van der Waals surface area contributed by atoms with Gasteiger partial charge < -0.3 is 10.4 Å². The molecule has 0 aliphatic carbocycles. The number of aliphatic hydroxyl groups is 1. The Balaban J connectivity index is 1.89. The lowest BCUT2D eigenvalue weighted by atomic mass is 9.93. The molecule has 1 aliphatic rings. The van der Waals surface area contributed by atoms with Gasteiger partial charge in [0.05, 0.1) is 6.10 Å². The highest BCUT2D eigenvalue weighted by Crippen LogP contribution is 2.23. The largest absolute Gasteiger partial charge is 0.388 e. The van der Waals surface area contributed by atoms with Crippen LogP contribution in [0.15, 0.2) is 30.3 Å². The number of benzene rings is 1. The molecule has 2 N–H and O–H groups in total. The summed E-state index contributed by atoms with van der Waals surface area (Å²) >= 11 is 0. The molecule has 0 radical (unpaired) electrons. The Morgan fingerprint density at radius 2 is 2.06 bits per heavy atom. The fourth-order valence-corrected chi connectivity index (χ4v) is 2.51. The van der Waals surface area contributed by atoms with Crippen molar-refractivity contribution >= 4 is 0 Å². The van der Waals surface area contributed by atoms with Crippen LogP contribution in [-0.4, -0.2) is 17.2 Å². The average Bonchev–Trinajstić information content (AvgIpc) is 2.30. The zero-order valence-electron chi connectivity index (χ0n) is 9.89. The lowest BCUT2D eigenvalue weighted by molar-refractivity contribution is 0.139. The van der Waals surface area contributed by atoms with Gasteiger partial charge in [0.25, 0.3) is 0 Å². The van der Waals surface area contributed by atoms with Gasteiger partial charge in [-0.1, -0.05) is 36.8 Å². The molecule has 0 spiro atoms. The Hall–Kier alpha value is -0.860. The molecule has 1 aromatic rings. The third-order valence-electron chi connectivity index (χ3n) is 3.40. The van der Waals surface area contributed by atoms with Crippen LogP contribution in [0, 0.1) is 0 Å². The fourth-order valence-electron chi connectivity index (χ4n) is 2.51. The van der Waals surface area contributed by atoms with Crippen molar-refractivity contribution in [1.29, 1.82) is 0 Å². The minimum Gasteiger partial charge on any atom is -0.388 e. The van der Waals surface area contributed by atoms with Crippen LogP contribution in [0.4, 0.5) is 0 Å². The molecule has 2 nitrogen and oxygen atoms in total. The molecule has 1 aliphatic heterocycles. The maximum Gasteiger partial charge on any atom is 0.0804 e. The van der Waals surface area contributed by atoms with Crippen LogP contribution in [0.1, 0.15) is 44.3 Å². The summed E-state index contributed by atoms with van der Waals surface area (Å²) in [5, 5.41) is 13.7. The van der Waals surface area contributed by atoms with Crippen molar-refractivity contribution in [3.05, 3.63) is 35.9 Å². The highest BCUT2D eigenvalue weighted by atomic mass is 16.3. The Morgan fingerprint density at radius 1 is 1.31 bits per heavy atom. The van der Waals surface area contributed by atoms with E-state index in [0.29, 0.717) is 12.1 Å². The van der Waals surface area contributed by atoms with Gasteiger partial charge in [-0.25, -0.2) is 0 Å². The quantitative estimate of drug-likeness (QED) is 0.819. The van der Waals surface area contributed by atoms with Crippen LogP contribution in [-0.2, 0) is 0 Å². The zero-order chi connectivity index (χ0) is 11.4. The molecule has 0 amide bonds. The van der Waals surface area contributed by atoms with E-state index in [4.69, 9.17) is 0 Å². The van der Waals surface area contributed by atoms with Crippen LogP contribution < -0.4 is 5.32 Å². The molecule has 1 saturated heterocycles. The van der Waals surface area contributed by atoms with Crippen LogP contribution in [0.3, 0.4) is 0 Å². The number of nitrogens with one attached hydrogen (secondary N) is 1. The van der Waals surface area contributed by atoms with Crippen LogP contribution in [0.25, 0.3) is 0 Å². The summed E-state index contributed by atoms with van der Waals surface area (Å²) in [5.74, 6) is 0. The molecule has 3 atom stereocenters. The van der Waals surface area contributed by atoms with Gasteiger partial charge in [-0.2, -0.15) is 0 Å². The Morgan fingerprint density at radius 3 is 2.75 bits per heavy atom. The van der Waals surface area contributed by atoms with Gasteiger partial charge in [0.1, 0.15) is 0 Å². The maximum atomic E-state index is 10.1. The number of piperidine rings is 1. The summed E-state index contributed by atoms with van der Waals surface area (Å²) in [6.07, 6.45) is 4.23. The second-order valence-corrected chi connectivity index (χ2v) is 4.86. The number of hydrogen-bond acceptors (Lipinski definition) is 2. The van der Waals surface area contributed by atoms with E-state index in [2.05, 4.69) is 12.2 Å². The fraction of sp³-hybridized carbons (Fsp3) is 0.571. The van der Waals surface area contributed by atoms with E-state index in [-0.39, 0.29) is 6.10 Å². The number of rotatable bonds is 3. The van der Waals surface area contributed by atoms with E-state index in [1.54, 1.807) is 0 Å². The van der Waals surface area contributed by atoms with Crippen molar-refractivity contribution in [3.63, 3.8) is 0 Å². The second kappa shape index (κ2) is 5.46. The molecule has 0 saturated carbocycles. The van der Waals surface area contributed by atoms with Crippen molar-refractivity contribution in [2.75, 3.05) is 0 Å². The van der Waals surface area contributed by atoms with Gasteiger partial charge >= 0.3 is 0 Å². The van der Waals surface area contributed by atoms with E-state index in [1.165, 1.54) is 19.3 Å². The Kier molecular flexibility index (Phi) is 3.97. The lowest BCUT2D eigenvalue weighted by Crippen LogP contribution is -2.41. The van der Waals surface area contributed by atoms with Gasteiger partial charge in [-0.15, -0.1) is 0 Å². The molecule has 16 heavy (non-hydrogen) atoms. The van der Waals surface area contributed by atoms with E-state index < -0.39 is 0 Å². The molecule has 88 valence electrons. The molecule has 0 bridgehead atoms. The van der Waals surface area contributed by atoms with Crippen molar-refractivity contribution in [1.82, 2.24) is 5.32 Å². The number of hydrogen-bond donors (Lipinski definition) is 2. The summed E-state index contributed by atoms with van der Waals surface area (Å²) in [6, 6.07) is 11.0. The smallest absolute Gasteiger partial charge is 0.0804 e. The molecule has 1 fully saturated rings. The van der Waals surface area contributed by atoms with Gasteiger partial charge in [-0.05, 0) is 31.7 Å². The molecule has 3 unspecified atom stereocenters. The molecule has 1 heterocycles. The van der Waals surface area contributed by atoms with Crippen molar-refractivity contribution in [2.24, 2.45) is 0 Å². The summed E-state index contributed by atoms with van der Waals surface area (Å²) in [5.41, 5.74) is 1.03. The summed E-state index contributed by atoms with van der Waals surface area (Å²) < 4.78 is 0. The van der Waals surface area contributed by atoms with Gasteiger partial charge in [0.2, 0.25) is 0 Å². The first-order chi connectivity index (χ1) is 7.75. The van der Waals surface area contributed by atoms with Crippen LogP contribution >= 0.6 is 0 Å². The zero-order valence-corrected chi connectivity index (χ0v) is 9.89. The average molecular weight is 219 g/mol. The highest BCUT2D eigenvalue weighted by Gasteiger charge is 2.20. The lowest BCUT2D eigenvalue weighted by Gasteiger charge is -2.30. The van der Waals surface area contributed by atoms with E-state index in [1.807, 2.05) is 30.3 Å². The molecular formula is C14H21NO. The second-order valence-electron chi connectivity index (χ2n) is 4.86. The Labute approximate surface area is 97.7 Å². The molecule has 2 rings (SSSR count). The number of aliphatic hydroxyl groups excluding tert-OH is 1. The van der Waals surface area contributed by atoms with E-state index >= 15 is 0 Å². The van der Waals surface area contributed by atoms with Crippen molar-refractivity contribution < 1.29 is 5.11 Å². The summed E-state index contributed by atoms with van der Waals surface area (Å²) in [6.45, 7) is 2.22. The standard InChI is InChI=1S/C14H21NO/c1-11-6-5-9-13(15-11)10-14(16)12-7-3-2-4-8-12/h2-4,7-8,11,13-16H,5-6,9-10H2,1H3. The molecule has 1 aromatic carbocycles. The summed E-state index contributed by atoms with van der Waals surface area (Å²) in [7, 11) is 0. The predicted octanol–water partition coefficient (Wildman–Crippen LogP) is 2.64. The van der Waals surface area contributed by atoms with Crippen LogP contribution in [0.2, 0.25) is 0 Å². The van der Waals surface area contributed by atoms with Gasteiger partial charge in [0.15, 0.2) is 0 Å². The molecule has 2 heteroatoms. The molecule has 0 aromatic heterocycles. The SMILES string of the molecule is CC1CCCC(CC(O)c2ccccc2)N1. The first kappa shape index (κ1) is 11.6. The Bertz CT molecular complexity index is 312. The maximum absolute atomic E-state index is 10.1. The van der Waals surface area contributed by atoms with E-state index in [0.717, 1.165) is 12.0 Å². The van der Waals surface area contributed by atoms with Crippen molar-refractivity contribution in [3.8, 4) is 0 Å². The minimum absolute atomic E-state index is 0.330. The van der Waals surface area contributed by atoms with E-state index in [9.17, 15) is 5.11 Å². The van der Waals surface area contributed by atoms with Gasteiger partial charge in [0, 0.05) is 12.1 Å². The topological polar surface area (TPSA) is 32.3 Å². The third-order valence-corrected chi connectivity index (χ3v) is 3.40. The summed E-state index contributed by atoms with van der Waals surface area (Å²) in [4.78, 5) is 0. The highest BCUT2D eigenvalue weighted by molar-refractivity contribution is 5.17. The molecular weight excluding hydrogens is 198 g/mol. The minimum atomic E-state index is -0.330.